The molecule has 1 saturated carbocycles. The van der Waals surface area contributed by atoms with Crippen molar-refractivity contribution in [3.63, 3.8) is 0 Å². The molecule has 0 bridgehead atoms. The summed E-state index contributed by atoms with van der Waals surface area (Å²) in [5, 5.41) is 7.64. The van der Waals surface area contributed by atoms with Crippen molar-refractivity contribution in [1.82, 2.24) is 24.9 Å². The number of hydrogen-bond donors (Lipinski definition) is 1. The molecule has 4 atom stereocenters. The van der Waals surface area contributed by atoms with Crippen LogP contribution >= 0.6 is 0 Å². The molecule has 9 heteroatoms. The third kappa shape index (κ3) is 3.27. The van der Waals surface area contributed by atoms with Gasteiger partial charge in [-0.3, -0.25) is 4.79 Å². The lowest BCUT2D eigenvalue weighted by Crippen LogP contribution is -2.62. The van der Waals surface area contributed by atoms with Crippen LogP contribution < -0.4 is 5.32 Å². The van der Waals surface area contributed by atoms with Gasteiger partial charge in [0.15, 0.2) is 0 Å². The van der Waals surface area contributed by atoms with E-state index in [4.69, 9.17) is 9.84 Å². The van der Waals surface area contributed by atoms with E-state index < -0.39 is 0 Å². The summed E-state index contributed by atoms with van der Waals surface area (Å²) in [5.74, 6) is 0.884. The van der Waals surface area contributed by atoms with Crippen molar-refractivity contribution < 1.29 is 18.7 Å². The molecule has 4 aliphatic rings. The number of urea groups is 1. The molecule has 3 amide bonds. The van der Waals surface area contributed by atoms with Crippen LogP contribution in [0.3, 0.4) is 0 Å². The highest BCUT2D eigenvalue weighted by molar-refractivity contribution is 5.79. The Morgan fingerprint density at radius 1 is 1.10 bits per heavy atom. The fourth-order valence-electron chi connectivity index (χ4n) is 5.45. The first-order chi connectivity index (χ1) is 15.1. The van der Waals surface area contributed by atoms with Crippen LogP contribution in [0.25, 0.3) is 5.69 Å². The van der Waals surface area contributed by atoms with E-state index in [2.05, 4.69) is 5.32 Å². The molecule has 0 radical (unpaired) electrons. The smallest absolute Gasteiger partial charge is 0.320 e. The van der Waals surface area contributed by atoms with E-state index in [1.807, 2.05) is 22.1 Å². The first-order valence-corrected chi connectivity index (χ1v) is 10.8. The molecule has 3 aliphatic heterocycles. The average Bonchev–Trinajstić information content (AvgIpc) is 3.13. The van der Waals surface area contributed by atoms with Crippen molar-refractivity contribution in [2.45, 2.75) is 24.5 Å². The molecule has 8 nitrogen and oxygen atoms in total. The van der Waals surface area contributed by atoms with Crippen LogP contribution in [-0.2, 0) is 9.53 Å². The van der Waals surface area contributed by atoms with Crippen LogP contribution in [0.15, 0.2) is 36.5 Å². The van der Waals surface area contributed by atoms with E-state index in [-0.39, 0.29) is 36.5 Å². The van der Waals surface area contributed by atoms with Crippen LogP contribution in [0.5, 0.6) is 0 Å². The van der Waals surface area contributed by atoms with E-state index >= 15 is 0 Å². The number of hydrogen-bond acceptors (Lipinski definition) is 4. The summed E-state index contributed by atoms with van der Waals surface area (Å²) in [7, 11) is 0. The fourth-order valence-corrected chi connectivity index (χ4v) is 5.45. The average molecular weight is 425 g/mol. The van der Waals surface area contributed by atoms with Gasteiger partial charge < -0.3 is 19.9 Å². The number of ether oxygens (including phenoxy) is 1. The Hall–Kier alpha value is -2.94. The van der Waals surface area contributed by atoms with Crippen LogP contribution in [0.2, 0.25) is 0 Å². The molecule has 1 N–H and O–H groups in total. The Balaban J connectivity index is 1.07. The summed E-state index contributed by atoms with van der Waals surface area (Å²) in [5.41, 5.74) is 1.87. The number of piperidine rings is 2. The van der Waals surface area contributed by atoms with Crippen LogP contribution in [-0.4, -0.2) is 76.5 Å². The molecule has 0 spiro atoms. The number of halogens is 1. The molecule has 2 unspecified atom stereocenters. The van der Waals surface area contributed by atoms with Gasteiger partial charge in [0, 0.05) is 38.3 Å². The lowest BCUT2D eigenvalue weighted by Gasteiger charge is -2.42. The Bertz CT molecular complexity index is 1010. The molecular formula is C22H24FN5O3. The Labute approximate surface area is 178 Å². The highest BCUT2D eigenvalue weighted by atomic mass is 19.1. The largest absolute Gasteiger partial charge is 0.366 e. The van der Waals surface area contributed by atoms with Gasteiger partial charge in [-0.1, -0.05) is 0 Å². The molecule has 6 rings (SSSR count). The molecule has 1 aromatic carbocycles. The lowest BCUT2D eigenvalue weighted by molar-refractivity contribution is -0.139. The van der Waals surface area contributed by atoms with Crippen molar-refractivity contribution in [1.29, 1.82) is 0 Å². The summed E-state index contributed by atoms with van der Waals surface area (Å²) >= 11 is 0. The van der Waals surface area contributed by atoms with E-state index in [0.717, 1.165) is 30.9 Å². The van der Waals surface area contributed by atoms with Gasteiger partial charge in [-0.25, -0.2) is 13.9 Å². The number of likely N-dealkylation sites (tertiary alicyclic amines) is 2. The number of amides is 3. The van der Waals surface area contributed by atoms with Crippen LogP contribution in [0.4, 0.5) is 9.18 Å². The van der Waals surface area contributed by atoms with Gasteiger partial charge in [0.1, 0.15) is 12.4 Å². The summed E-state index contributed by atoms with van der Waals surface area (Å²) in [6, 6.07) is 8.25. The number of nitrogens with one attached hydrogen (secondary N) is 1. The number of fused-ring (bicyclic) bond motifs is 2. The number of benzene rings is 1. The molecule has 162 valence electrons. The zero-order chi connectivity index (χ0) is 21.1. The second-order valence-electron chi connectivity index (χ2n) is 8.96. The summed E-state index contributed by atoms with van der Waals surface area (Å²) in [6.45, 7) is 2.76. The number of aromatic nitrogens is 2. The summed E-state index contributed by atoms with van der Waals surface area (Å²) in [4.78, 5) is 28.4. The molecule has 1 aromatic heterocycles. The SMILES string of the molecule is O=C1CO[C@H]2CCN(C(=O)N3CC4C(C3)C4c3ccn(-c4ccc(F)cc4)n3)C[C@H]2N1. The zero-order valence-electron chi connectivity index (χ0n) is 17.0. The molecular weight excluding hydrogens is 401 g/mol. The third-order valence-electron chi connectivity index (χ3n) is 7.10. The third-order valence-corrected chi connectivity index (χ3v) is 7.10. The molecule has 4 heterocycles. The van der Waals surface area contributed by atoms with Crippen molar-refractivity contribution in [3.05, 3.63) is 48.0 Å². The van der Waals surface area contributed by atoms with E-state index in [0.29, 0.717) is 30.8 Å². The molecule has 31 heavy (non-hydrogen) atoms. The highest BCUT2D eigenvalue weighted by Crippen LogP contribution is 2.57. The number of carbonyl (C=O) groups is 2. The van der Waals surface area contributed by atoms with E-state index in [1.54, 1.807) is 16.8 Å². The van der Waals surface area contributed by atoms with Gasteiger partial charge in [-0.2, -0.15) is 5.10 Å². The maximum absolute atomic E-state index is 13.1. The predicted molar refractivity (Wildman–Crippen MR) is 108 cm³/mol. The molecule has 3 saturated heterocycles. The Morgan fingerprint density at radius 2 is 1.87 bits per heavy atom. The van der Waals surface area contributed by atoms with Gasteiger partial charge in [0.25, 0.3) is 0 Å². The topological polar surface area (TPSA) is 79.7 Å². The van der Waals surface area contributed by atoms with Gasteiger partial charge in [0.05, 0.1) is 23.5 Å². The van der Waals surface area contributed by atoms with Crippen molar-refractivity contribution in [2.24, 2.45) is 11.8 Å². The second-order valence-corrected chi connectivity index (χ2v) is 8.96. The van der Waals surface area contributed by atoms with Gasteiger partial charge in [-0.05, 0) is 48.6 Å². The van der Waals surface area contributed by atoms with Crippen molar-refractivity contribution in [3.8, 4) is 5.69 Å². The predicted octanol–water partition coefficient (Wildman–Crippen LogP) is 1.37. The van der Waals surface area contributed by atoms with Gasteiger partial charge >= 0.3 is 6.03 Å². The molecule has 2 aromatic rings. The van der Waals surface area contributed by atoms with E-state index in [1.165, 1.54) is 12.1 Å². The monoisotopic (exact) mass is 425 g/mol. The zero-order valence-corrected chi connectivity index (χ0v) is 17.0. The van der Waals surface area contributed by atoms with Gasteiger partial charge in [0.2, 0.25) is 5.91 Å². The summed E-state index contributed by atoms with van der Waals surface area (Å²) in [6.07, 6.45) is 2.67. The minimum atomic E-state index is -0.264. The van der Waals surface area contributed by atoms with Crippen molar-refractivity contribution in [2.75, 3.05) is 32.8 Å². The quantitative estimate of drug-likeness (QED) is 0.788. The maximum atomic E-state index is 13.1. The first-order valence-electron chi connectivity index (χ1n) is 10.8. The van der Waals surface area contributed by atoms with E-state index in [9.17, 15) is 14.0 Å². The number of rotatable bonds is 2. The highest BCUT2D eigenvalue weighted by Gasteiger charge is 2.58. The fraction of sp³-hybridized carbons (Fsp3) is 0.500. The number of carbonyl (C=O) groups excluding carboxylic acids is 2. The van der Waals surface area contributed by atoms with Crippen LogP contribution in [0.1, 0.15) is 18.0 Å². The first kappa shape index (κ1) is 18.8. The minimum absolute atomic E-state index is 0.00864. The van der Waals surface area contributed by atoms with Gasteiger partial charge in [-0.15, -0.1) is 0 Å². The Kier molecular flexibility index (Phi) is 4.27. The summed E-state index contributed by atoms with van der Waals surface area (Å²) < 4.78 is 20.5. The number of morpholine rings is 1. The lowest BCUT2D eigenvalue weighted by atomic mass is 10.0. The molecule has 4 fully saturated rings. The standard InChI is InChI=1S/C22H24FN5O3/c23-13-1-3-14(4-2-13)28-8-5-17(25-28)21-15-9-27(10-16(15)21)22(30)26-7-6-19-18(11-26)24-20(29)12-31-19/h1-5,8,15-16,18-19,21H,6-7,9-12H2,(H,24,29)/t15?,16?,18-,19+,21?/m1/s1. The normalized spacial score (nSPS) is 31.8. The molecule has 1 aliphatic carbocycles. The maximum Gasteiger partial charge on any atom is 0.320 e. The second kappa shape index (κ2) is 7.05. The van der Waals surface area contributed by atoms with Crippen LogP contribution in [0, 0.1) is 17.7 Å². The van der Waals surface area contributed by atoms with Crippen molar-refractivity contribution >= 4 is 11.9 Å². The minimum Gasteiger partial charge on any atom is -0.366 e. The number of nitrogens with zero attached hydrogens (tertiary/aromatic N) is 4. The Morgan fingerprint density at radius 3 is 2.65 bits per heavy atom.